The Morgan fingerprint density at radius 1 is 0.295 bits per heavy atom. The van der Waals surface area contributed by atoms with Gasteiger partial charge in [0.15, 0.2) is 17.5 Å². The molecule has 11 aromatic rings. The maximum Gasteiger partial charge on any atom is 0.164 e. The zero-order chi connectivity index (χ0) is 40.5. The van der Waals surface area contributed by atoms with Gasteiger partial charge in [-0.15, -0.1) is 0 Å². The number of aromatic nitrogens is 5. The normalized spacial score (nSPS) is 11.3. The fraction of sp³-hybridized carbons (Fsp3) is 0. The van der Waals surface area contributed by atoms with E-state index in [4.69, 9.17) is 20.1 Å². The van der Waals surface area contributed by atoms with Crippen molar-refractivity contribution in [1.82, 2.24) is 24.6 Å². The molecule has 8 aromatic carbocycles. The van der Waals surface area contributed by atoms with Gasteiger partial charge in [-0.05, 0) is 57.5 Å². The van der Waals surface area contributed by atoms with Crippen LogP contribution in [0.15, 0.2) is 224 Å². The Hall–Kier alpha value is -8.28. The van der Waals surface area contributed by atoms with Crippen LogP contribution in [0.2, 0.25) is 0 Å². The lowest BCUT2D eigenvalue weighted by atomic mass is 9.95. The average Bonchev–Trinajstić information content (AvgIpc) is 3.76. The lowest BCUT2D eigenvalue weighted by molar-refractivity contribution is 0.979. The molecule has 0 saturated heterocycles. The summed E-state index contributed by atoms with van der Waals surface area (Å²) in [4.78, 5) is 15.9. The molecule has 0 spiro atoms. The lowest BCUT2D eigenvalue weighted by Crippen LogP contribution is -2.02. The van der Waals surface area contributed by atoms with Crippen LogP contribution < -0.4 is 0 Å². The lowest BCUT2D eigenvalue weighted by Gasteiger charge is -2.15. The summed E-state index contributed by atoms with van der Waals surface area (Å²) in [6, 6.07) is 78.0. The van der Waals surface area contributed by atoms with Crippen molar-refractivity contribution in [1.29, 1.82) is 0 Å². The fourth-order valence-corrected chi connectivity index (χ4v) is 8.35. The van der Waals surface area contributed by atoms with Crippen molar-refractivity contribution < 1.29 is 0 Å². The largest absolute Gasteiger partial charge is 0.231 e. The maximum absolute atomic E-state index is 5.44. The van der Waals surface area contributed by atoms with Crippen LogP contribution in [0.5, 0.6) is 0 Å². The highest BCUT2D eigenvalue weighted by Crippen LogP contribution is 2.43. The second kappa shape index (κ2) is 15.5. The summed E-state index contributed by atoms with van der Waals surface area (Å²) in [7, 11) is 0. The number of benzene rings is 8. The molecule has 0 aliphatic heterocycles. The summed E-state index contributed by atoms with van der Waals surface area (Å²) < 4.78 is 2.13. The van der Waals surface area contributed by atoms with Crippen LogP contribution in [0.25, 0.3) is 106 Å². The predicted molar refractivity (Wildman–Crippen MR) is 250 cm³/mol. The van der Waals surface area contributed by atoms with Gasteiger partial charge in [-0.3, -0.25) is 0 Å². The molecule has 286 valence electrons. The van der Waals surface area contributed by atoms with Gasteiger partial charge in [0.2, 0.25) is 0 Å². The van der Waals surface area contributed by atoms with E-state index in [0.29, 0.717) is 17.5 Å². The highest BCUT2D eigenvalue weighted by Gasteiger charge is 2.24. The number of hydrogen-bond acceptors (Lipinski definition) is 4. The third-order valence-electron chi connectivity index (χ3n) is 11.2. The Labute approximate surface area is 354 Å². The third-order valence-corrected chi connectivity index (χ3v) is 11.2. The van der Waals surface area contributed by atoms with Gasteiger partial charge in [-0.25, -0.2) is 19.5 Å². The highest BCUT2D eigenvalue weighted by atomic mass is 15.2. The molecule has 61 heavy (non-hydrogen) atoms. The highest BCUT2D eigenvalue weighted by molar-refractivity contribution is 6.12. The van der Waals surface area contributed by atoms with Crippen LogP contribution >= 0.6 is 0 Å². The van der Waals surface area contributed by atoms with Gasteiger partial charge in [0, 0.05) is 38.8 Å². The van der Waals surface area contributed by atoms with Crippen LogP contribution in [0.4, 0.5) is 0 Å². The SMILES string of the molecule is c1ccc(-c2cc(-c3ccccc3)cc(-c3nc(-c4ccccc4)nc(-c4cccc5c4cc(-c4ccccc4)n4nc(-c6ccccc6)c(-c6ccccc6)c54)n3)c2)cc1. The van der Waals surface area contributed by atoms with Crippen LogP contribution in [0.3, 0.4) is 0 Å². The fourth-order valence-electron chi connectivity index (χ4n) is 8.35. The predicted octanol–water partition coefficient (Wildman–Crippen LogP) is 14.0. The summed E-state index contributed by atoms with van der Waals surface area (Å²) in [6.07, 6.45) is 0. The molecule has 5 heteroatoms. The zero-order valence-electron chi connectivity index (χ0n) is 33.1. The van der Waals surface area contributed by atoms with Crippen LogP contribution in [-0.2, 0) is 0 Å². The molecule has 0 aliphatic rings. The van der Waals surface area contributed by atoms with E-state index in [1.807, 2.05) is 36.4 Å². The number of rotatable bonds is 8. The van der Waals surface area contributed by atoms with Gasteiger partial charge in [0.1, 0.15) is 5.69 Å². The van der Waals surface area contributed by atoms with Gasteiger partial charge >= 0.3 is 0 Å². The van der Waals surface area contributed by atoms with E-state index in [9.17, 15) is 0 Å². The summed E-state index contributed by atoms with van der Waals surface area (Å²) in [5.41, 5.74) is 14.3. The molecular formula is C56H37N5. The van der Waals surface area contributed by atoms with E-state index in [-0.39, 0.29) is 0 Å². The Balaban J connectivity index is 1.21. The molecule has 0 radical (unpaired) electrons. The van der Waals surface area contributed by atoms with Crippen LogP contribution in [0, 0.1) is 0 Å². The molecule has 0 fully saturated rings. The average molecular weight is 780 g/mol. The van der Waals surface area contributed by atoms with E-state index in [0.717, 1.165) is 88.9 Å². The standard InChI is InChI=1S/C56H37N5/c1-7-20-38(21-8-1)44-34-45(39-22-9-2-10-23-39)36-46(35-44)55-57-54(43-30-17-6-18-31-43)58-56(59-55)48-33-19-32-47-49(48)37-50(40-24-11-3-12-25-40)61-53(47)51(41-26-13-4-14-27-41)52(60-61)42-28-15-5-16-29-42/h1-37H. The first kappa shape index (κ1) is 35.8. The monoisotopic (exact) mass is 779 g/mol. The van der Waals surface area contributed by atoms with Gasteiger partial charge in [-0.1, -0.05) is 200 Å². The van der Waals surface area contributed by atoms with Crippen molar-refractivity contribution in [3.63, 3.8) is 0 Å². The summed E-state index contributed by atoms with van der Waals surface area (Å²) in [6.45, 7) is 0. The first-order valence-electron chi connectivity index (χ1n) is 20.5. The molecule has 0 bridgehead atoms. The first-order chi connectivity index (χ1) is 30.2. The second-order valence-electron chi connectivity index (χ2n) is 15.1. The molecule has 0 aliphatic carbocycles. The molecule has 0 saturated carbocycles. The number of fused-ring (bicyclic) bond motifs is 3. The second-order valence-corrected chi connectivity index (χ2v) is 15.1. The Morgan fingerprint density at radius 2 is 0.738 bits per heavy atom. The molecule has 0 unspecified atom stereocenters. The number of hydrogen-bond donors (Lipinski definition) is 0. The molecule has 3 heterocycles. The van der Waals surface area contributed by atoms with Crippen molar-refractivity contribution in [3.8, 4) is 90.1 Å². The van der Waals surface area contributed by atoms with Crippen molar-refractivity contribution in [2.45, 2.75) is 0 Å². The molecule has 5 nitrogen and oxygen atoms in total. The first-order valence-corrected chi connectivity index (χ1v) is 20.5. The molecular weight excluding hydrogens is 743 g/mol. The molecule has 0 N–H and O–H groups in total. The quantitative estimate of drug-likeness (QED) is 0.154. The number of pyridine rings is 1. The van der Waals surface area contributed by atoms with Gasteiger partial charge in [0.05, 0.1) is 11.2 Å². The molecule has 0 amide bonds. The molecule has 11 rings (SSSR count). The minimum atomic E-state index is 0.591. The molecule has 3 aromatic heterocycles. The van der Waals surface area contributed by atoms with E-state index in [1.165, 1.54) is 0 Å². The third kappa shape index (κ3) is 6.74. The van der Waals surface area contributed by atoms with E-state index in [1.54, 1.807) is 0 Å². The minimum Gasteiger partial charge on any atom is -0.231 e. The summed E-state index contributed by atoms with van der Waals surface area (Å²) >= 11 is 0. The van der Waals surface area contributed by atoms with Gasteiger partial charge < -0.3 is 0 Å². The van der Waals surface area contributed by atoms with Crippen molar-refractivity contribution in [2.24, 2.45) is 0 Å². The van der Waals surface area contributed by atoms with Crippen molar-refractivity contribution in [3.05, 3.63) is 224 Å². The summed E-state index contributed by atoms with van der Waals surface area (Å²) in [5, 5.41) is 7.50. The van der Waals surface area contributed by atoms with Crippen molar-refractivity contribution in [2.75, 3.05) is 0 Å². The molecule has 0 atom stereocenters. The Morgan fingerprint density at radius 3 is 1.30 bits per heavy atom. The topological polar surface area (TPSA) is 56.0 Å². The van der Waals surface area contributed by atoms with Gasteiger partial charge in [-0.2, -0.15) is 5.10 Å². The Bertz CT molecular complexity index is 3260. The number of nitrogens with zero attached hydrogens (tertiary/aromatic N) is 5. The van der Waals surface area contributed by atoms with Crippen LogP contribution in [-0.4, -0.2) is 24.6 Å². The Kier molecular flexibility index (Phi) is 9.10. The minimum absolute atomic E-state index is 0.591. The van der Waals surface area contributed by atoms with Crippen molar-refractivity contribution >= 4 is 16.3 Å². The van der Waals surface area contributed by atoms with Gasteiger partial charge in [0.25, 0.3) is 0 Å². The van der Waals surface area contributed by atoms with Crippen LogP contribution in [0.1, 0.15) is 0 Å². The van der Waals surface area contributed by atoms with E-state index in [2.05, 4.69) is 193 Å². The van der Waals surface area contributed by atoms with E-state index < -0.39 is 0 Å². The maximum atomic E-state index is 5.44. The zero-order valence-corrected chi connectivity index (χ0v) is 33.1. The van der Waals surface area contributed by atoms with E-state index >= 15 is 0 Å². The smallest absolute Gasteiger partial charge is 0.164 e. The summed E-state index contributed by atoms with van der Waals surface area (Å²) in [5.74, 6) is 1.79.